The summed E-state index contributed by atoms with van der Waals surface area (Å²) in [5.74, 6) is 0.221. The molecule has 3 heterocycles. The zero-order valence-corrected chi connectivity index (χ0v) is 15.4. The molecule has 7 heteroatoms. The number of thiazole rings is 1. The summed E-state index contributed by atoms with van der Waals surface area (Å²) in [5.41, 5.74) is 2.22. The lowest BCUT2D eigenvalue weighted by Crippen LogP contribution is -2.46. The molecule has 1 N–H and O–H groups in total. The largest absolute Gasteiger partial charge is 0.309 e. The van der Waals surface area contributed by atoms with Gasteiger partial charge in [-0.15, -0.1) is 11.3 Å². The van der Waals surface area contributed by atoms with E-state index >= 15 is 0 Å². The number of likely N-dealkylation sites (tertiary alicyclic amines) is 1. The van der Waals surface area contributed by atoms with E-state index in [1.54, 1.807) is 6.20 Å². The van der Waals surface area contributed by atoms with Crippen LogP contribution in [-0.4, -0.2) is 47.4 Å². The second-order valence-electron chi connectivity index (χ2n) is 6.78. The monoisotopic (exact) mass is 370 g/mol. The highest BCUT2D eigenvalue weighted by Crippen LogP contribution is 2.33. The van der Waals surface area contributed by atoms with Crippen LogP contribution >= 0.6 is 11.3 Å². The van der Waals surface area contributed by atoms with Gasteiger partial charge in [0.2, 0.25) is 11.8 Å². The molecule has 6 nitrogen and oxygen atoms in total. The number of fused-ring (bicyclic) bond motifs is 1. The second-order valence-corrected chi connectivity index (χ2v) is 7.67. The van der Waals surface area contributed by atoms with E-state index in [1.165, 1.54) is 11.3 Å². The standard InChI is InChI=1S/C19H22N4O2S/c24-17(21-19-20-8-12-26-19)7-11-22-9-5-15(6-10-22)23-16-4-2-1-3-14(16)13-18(23)25/h1-4,8,12,15H,5-7,9-11,13H2,(H,20,21,24). The van der Waals surface area contributed by atoms with Gasteiger partial charge in [-0.2, -0.15) is 0 Å². The first-order valence-electron chi connectivity index (χ1n) is 9.02. The molecule has 0 bridgehead atoms. The van der Waals surface area contributed by atoms with Crippen LogP contribution in [-0.2, 0) is 16.0 Å². The molecule has 2 aliphatic heterocycles. The molecule has 0 saturated carbocycles. The quantitative estimate of drug-likeness (QED) is 0.878. The first-order chi connectivity index (χ1) is 12.7. The number of hydrogen-bond donors (Lipinski definition) is 1. The summed E-state index contributed by atoms with van der Waals surface area (Å²) in [4.78, 5) is 32.8. The molecule has 0 unspecified atom stereocenters. The molecule has 2 aromatic rings. The average Bonchev–Trinajstić information content (AvgIpc) is 3.27. The number of aromatic nitrogens is 1. The van der Waals surface area contributed by atoms with Crippen LogP contribution in [0.4, 0.5) is 10.8 Å². The van der Waals surface area contributed by atoms with Gasteiger partial charge < -0.3 is 15.1 Å². The van der Waals surface area contributed by atoms with E-state index < -0.39 is 0 Å². The lowest BCUT2D eigenvalue weighted by atomic mass is 10.0. The minimum absolute atomic E-state index is 0.00530. The average molecular weight is 370 g/mol. The van der Waals surface area contributed by atoms with Crippen molar-refractivity contribution in [3.05, 3.63) is 41.4 Å². The molecule has 1 aromatic carbocycles. The van der Waals surface area contributed by atoms with E-state index in [0.717, 1.165) is 43.7 Å². The fourth-order valence-corrected chi connectivity index (χ4v) is 4.35. The van der Waals surface area contributed by atoms with E-state index in [2.05, 4.69) is 21.3 Å². The maximum absolute atomic E-state index is 12.4. The van der Waals surface area contributed by atoms with Gasteiger partial charge >= 0.3 is 0 Å². The van der Waals surface area contributed by atoms with Crippen molar-refractivity contribution >= 4 is 34.0 Å². The zero-order chi connectivity index (χ0) is 17.9. The summed E-state index contributed by atoms with van der Waals surface area (Å²) in [6.45, 7) is 2.58. The Labute approximate surface area is 156 Å². The molecule has 1 fully saturated rings. The number of rotatable bonds is 5. The number of nitrogens with one attached hydrogen (secondary N) is 1. The summed E-state index contributed by atoms with van der Waals surface area (Å²) < 4.78 is 0. The number of amides is 2. The van der Waals surface area contributed by atoms with Gasteiger partial charge in [0.15, 0.2) is 5.13 Å². The third-order valence-corrected chi connectivity index (χ3v) is 5.81. The summed E-state index contributed by atoms with van der Waals surface area (Å²) in [7, 11) is 0. The highest BCUT2D eigenvalue weighted by atomic mass is 32.1. The number of carbonyl (C=O) groups excluding carboxylic acids is 2. The van der Waals surface area contributed by atoms with Gasteiger partial charge in [0, 0.05) is 49.4 Å². The Morgan fingerprint density at radius 3 is 2.85 bits per heavy atom. The minimum atomic E-state index is 0.00530. The third-order valence-electron chi connectivity index (χ3n) is 5.12. The van der Waals surface area contributed by atoms with Gasteiger partial charge in [0.1, 0.15) is 0 Å². The van der Waals surface area contributed by atoms with Crippen LogP contribution in [0.3, 0.4) is 0 Å². The number of hydrogen-bond acceptors (Lipinski definition) is 5. The minimum Gasteiger partial charge on any atom is -0.309 e. The smallest absolute Gasteiger partial charge is 0.231 e. The van der Waals surface area contributed by atoms with Crippen molar-refractivity contribution in [1.82, 2.24) is 9.88 Å². The number of carbonyl (C=O) groups is 2. The molecule has 0 aliphatic carbocycles. The number of para-hydroxylation sites is 1. The lowest BCUT2D eigenvalue weighted by molar-refractivity contribution is -0.118. The van der Waals surface area contributed by atoms with Crippen molar-refractivity contribution in [3.63, 3.8) is 0 Å². The first-order valence-corrected chi connectivity index (χ1v) is 9.90. The van der Waals surface area contributed by atoms with Crippen LogP contribution in [0, 0.1) is 0 Å². The van der Waals surface area contributed by atoms with Crippen LogP contribution in [0.15, 0.2) is 35.8 Å². The molecule has 0 spiro atoms. The predicted molar refractivity (Wildman–Crippen MR) is 102 cm³/mol. The second kappa shape index (κ2) is 7.55. The van der Waals surface area contributed by atoms with Gasteiger partial charge in [-0.25, -0.2) is 4.98 Å². The molecular weight excluding hydrogens is 348 g/mol. The number of nitrogens with zero attached hydrogens (tertiary/aromatic N) is 3. The predicted octanol–water partition coefficient (Wildman–Crippen LogP) is 2.53. The topological polar surface area (TPSA) is 65.5 Å². The van der Waals surface area contributed by atoms with Gasteiger partial charge in [-0.1, -0.05) is 18.2 Å². The van der Waals surface area contributed by atoms with Crippen LogP contribution < -0.4 is 10.2 Å². The van der Waals surface area contributed by atoms with Crippen LogP contribution in [0.1, 0.15) is 24.8 Å². The van der Waals surface area contributed by atoms with E-state index in [4.69, 9.17) is 0 Å². The normalized spacial score (nSPS) is 18.2. The molecule has 4 rings (SSSR count). The summed E-state index contributed by atoms with van der Waals surface area (Å²) in [5, 5.41) is 5.32. The Kier molecular flexibility index (Phi) is 4.99. The molecule has 0 atom stereocenters. The fraction of sp³-hybridized carbons (Fsp3) is 0.421. The Bertz CT molecular complexity index is 785. The molecule has 0 radical (unpaired) electrons. The number of anilines is 2. The highest BCUT2D eigenvalue weighted by molar-refractivity contribution is 7.13. The maximum atomic E-state index is 12.4. The van der Waals surface area contributed by atoms with E-state index in [9.17, 15) is 9.59 Å². The van der Waals surface area contributed by atoms with Crippen molar-refractivity contribution in [1.29, 1.82) is 0 Å². The molecule has 136 valence electrons. The lowest BCUT2D eigenvalue weighted by Gasteiger charge is -2.37. The van der Waals surface area contributed by atoms with E-state index in [1.807, 2.05) is 28.5 Å². The molecule has 1 saturated heterocycles. The Morgan fingerprint density at radius 2 is 2.08 bits per heavy atom. The third kappa shape index (κ3) is 3.64. The summed E-state index contributed by atoms with van der Waals surface area (Å²) in [6, 6.07) is 8.36. The Hall–Kier alpha value is -2.25. The van der Waals surface area contributed by atoms with Crippen molar-refractivity contribution < 1.29 is 9.59 Å². The van der Waals surface area contributed by atoms with Crippen molar-refractivity contribution in [2.45, 2.75) is 31.7 Å². The van der Waals surface area contributed by atoms with Gasteiger partial charge in [-0.05, 0) is 24.5 Å². The van der Waals surface area contributed by atoms with E-state index in [-0.39, 0.29) is 17.9 Å². The van der Waals surface area contributed by atoms with E-state index in [0.29, 0.717) is 18.0 Å². The maximum Gasteiger partial charge on any atom is 0.231 e. The number of benzene rings is 1. The van der Waals surface area contributed by atoms with Crippen molar-refractivity contribution in [2.24, 2.45) is 0 Å². The Morgan fingerprint density at radius 1 is 1.27 bits per heavy atom. The zero-order valence-electron chi connectivity index (χ0n) is 14.6. The van der Waals surface area contributed by atoms with Crippen LogP contribution in [0.25, 0.3) is 0 Å². The van der Waals surface area contributed by atoms with Gasteiger partial charge in [0.25, 0.3) is 0 Å². The van der Waals surface area contributed by atoms with Crippen molar-refractivity contribution in [3.8, 4) is 0 Å². The molecule has 2 amide bonds. The SMILES string of the molecule is O=C(CCN1CCC(N2C(=O)Cc3ccccc32)CC1)Nc1nccs1. The van der Waals surface area contributed by atoms with Crippen molar-refractivity contribution in [2.75, 3.05) is 29.9 Å². The molecule has 26 heavy (non-hydrogen) atoms. The van der Waals surface area contributed by atoms with Gasteiger partial charge in [0.05, 0.1) is 6.42 Å². The summed E-state index contributed by atoms with van der Waals surface area (Å²) >= 11 is 1.43. The molecular formula is C19H22N4O2S. The van der Waals surface area contributed by atoms with Crippen LogP contribution in [0.2, 0.25) is 0 Å². The summed E-state index contributed by atoms with van der Waals surface area (Å²) in [6.07, 6.45) is 4.58. The van der Waals surface area contributed by atoms with Crippen LogP contribution in [0.5, 0.6) is 0 Å². The molecule has 2 aliphatic rings. The highest BCUT2D eigenvalue weighted by Gasteiger charge is 2.34. The molecule has 1 aromatic heterocycles. The van der Waals surface area contributed by atoms with Gasteiger partial charge in [-0.3, -0.25) is 9.59 Å². The first kappa shape index (κ1) is 17.2. The number of piperidine rings is 1. The fourth-order valence-electron chi connectivity index (χ4n) is 3.81. The Balaban J connectivity index is 1.27.